The van der Waals surface area contributed by atoms with Crippen molar-refractivity contribution in [3.63, 3.8) is 0 Å². The number of halogens is 1. The van der Waals surface area contributed by atoms with Crippen LogP contribution in [-0.4, -0.2) is 53.7 Å². The van der Waals surface area contributed by atoms with Crippen LogP contribution in [0, 0.1) is 0 Å². The van der Waals surface area contributed by atoms with Crippen LogP contribution in [0.4, 0.5) is 0 Å². The number of fused-ring (bicyclic) bond motifs is 2. The summed E-state index contributed by atoms with van der Waals surface area (Å²) in [6, 6.07) is 1.43. The number of oxime groups is 1. The van der Waals surface area contributed by atoms with Crippen LogP contribution in [0.15, 0.2) is 5.16 Å². The Morgan fingerprint density at radius 1 is 1.35 bits per heavy atom. The minimum Gasteiger partial charge on any atom is -1.00 e. The third kappa shape index (κ3) is 2.00. The van der Waals surface area contributed by atoms with Crippen molar-refractivity contribution in [2.75, 3.05) is 20.7 Å². The number of nitrogens with zero attached hydrogens (tertiary/aromatic N) is 2. The van der Waals surface area contributed by atoms with Gasteiger partial charge in [0.25, 0.3) is 0 Å². The summed E-state index contributed by atoms with van der Waals surface area (Å²) in [5.41, 5.74) is 0.754. The molecule has 3 rings (SSSR count). The Labute approximate surface area is 120 Å². The number of rotatable bonds is 1. The lowest BCUT2D eigenvalue weighted by Crippen LogP contribution is -3.00. The molecule has 3 aliphatic rings. The molecule has 0 aliphatic carbocycles. The monoisotopic (exact) mass is 352 g/mol. The maximum Gasteiger partial charge on any atom is 0.154 e. The van der Waals surface area contributed by atoms with Gasteiger partial charge >= 0.3 is 0 Å². The molecule has 3 heterocycles. The summed E-state index contributed by atoms with van der Waals surface area (Å²) in [5.74, 6) is 0. The second-order valence-electron chi connectivity index (χ2n) is 6.19. The van der Waals surface area contributed by atoms with Crippen molar-refractivity contribution in [2.24, 2.45) is 5.16 Å². The smallest absolute Gasteiger partial charge is 0.154 e. The Kier molecular flexibility index (Phi) is 3.46. The Bertz CT molecular complexity index is 327. The van der Waals surface area contributed by atoms with Gasteiger partial charge in [-0.05, 0) is 0 Å². The van der Waals surface area contributed by atoms with Gasteiger partial charge in [-0.15, -0.1) is 0 Å². The topological polar surface area (TPSA) is 41.8 Å². The highest BCUT2D eigenvalue weighted by molar-refractivity contribution is 5.87. The van der Waals surface area contributed by atoms with E-state index >= 15 is 0 Å². The highest BCUT2D eigenvalue weighted by Crippen LogP contribution is 2.48. The summed E-state index contributed by atoms with van der Waals surface area (Å²) in [4.78, 5) is 5.68. The van der Waals surface area contributed by atoms with Crippen molar-refractivity contribution in [1.82, 2.24) is 0 Å². The van der Waals surface area contributed by atoms with E-state index in [9.17, 15) is 0 Å². The molecule has 3 aliphatic heterocycles. The number of quaternary nitrogens is 1. The molecule has 1 unspecified atom stereocenters. The predicted octanol–water partition coefficient (Wildman–Crippen LogP) is -2.10. The average molecular weight is 352 g/mol. The second-order valence-corrected chi connectivity index (χ2v) is 6.19. The fraction of sp³-hybridized carbons (Fsp3) is 0.917. The molecule has 0 saturated carbocycles. The van der Waals surface area contributed by atoms with E-state index in [-0.39, 0.29) is 36.2 Å². The Balaban J connectivity index is 0.00000108. The van der Waals surface area contributed by atoms with Crippen LogP contribution in [0.2, 0.25) is 0 Å². The quantitative estimate of drug-likeness (QED) is 0.434. The molecule has 4 nitrogen and oxygen atoms in total. The van der Waals surface area contributed by atoms with Gasteiger partial charge < -0.3 is 38.4 Å². The minimum atomic E-state index is -0.0718. The lowest BCUT2D eigenvalue weighted by Gasteiger charge is -2.47. The number of hydrogen-bond acceptors (Lipinski definition) is 3. The predicted molar refractivity (Wildman–Crippen MR) is 61.1 cm³/mol. The molecule has 2 bridgehead atoms. The van der Waals surface area contributed by atoms with Gasteiger partial charge in [0, 0.05) is 32.1 Å². The van der Waals surface area contributed by atoms with E-state index in [4.69, 9.17) is 9.94 Å². The summed E-state index contributed by atoms with van der Waals surface area (Å²) in [6.07, 6.45) is 5.68. The van der Waals surface area contributed by atoms with Crippen LogP contribution in [0.25, 0.3) is 0 Å². The van der Waals surface area contributed by atoms with Crippen molar-refractivity contribution in [3.05, 3.63) is 0 Å². The molecule has 1 spiro atoms. The van der Waals surface area contributed by atoms with E-state index in [1.54, 1.807) is 0 Å². The number of aliphatic hydroxyl groups excluding tert-OH is 1. The maximum atomic E-state index is 9.12. The van der Waals surface area contributed by atoms with Crippen LogP contribution >= 0.6 is 0 Å². The minimum absolute atomic E-state index is 0. The van der Waals surface area contributed by atoms with E-state index in [0.717, 1.165) is 29.5 Å². The lowest BCUT2D eigenvalue weighted by molar-refractivity contribution is -0.932. The van der Waals surface area contributed by atoms with Gasteiger partial charge in [-0.1, -0.05) is 5.16 Å². The van der Waals surface area contributed by atoms with Crippen molar-refractivity contribution in [2.45, 2.75) is 49.8 Å². The largest absolute Gasteiger partial charge is 1.00 e. The third-order valence-electron chi connectivity index (χ3n) is 5.01. The summed E-state index contributed by atoms with van der Waals surface area (Å²) >= 11 is 0. The van der Waals surface area contributed by atoms with Gasteiger partial charge in [-0.2, -0.15) is 0 Å². The molecule has 17 heavy (non-hydrogen) atoms. The second kappa shape index (κ2) is 4.35. The van der Waals surface area contributed by atoms with Gasteiger partial charge in [0.1, 0.15) is 0 Å². The first kappa shape index (κ1) is 13.5. The van der Waals surface area contributed by atoms with E-state index in [1.807, 2.05) is 0 Å². The van der Waals surface area contributed by atoms with Crippen LogP contribution in [0.5, 0.6) is 0 Å². The fourth-order valence-corrected chi connectivity index (χ4v) is 3.87. The SMILES string of the molecule is C[N+]1(C)[C@@H]2CC[C@H]1CC1(CC(CO)=NO1)C2.[I-]. The Morgan fingerprint density at radius 3 is 2.41 bits per heavy atom. The molecular weight excluding hydrogens is 331 g/mol. The average Bonchev–Trinajstić information content (AvgIpc) is 2.65. The summed E-state index contributed by atoms with van der Waals surface area (Å²) in [5, 5.41) is 13.2. The summed E-state index contributed by atoms with van der Waals surface area (Å²) < 4.78 is 1.15. The molecule has 0 aromatic heterocycles. The van der Waals surface area contributed by atoms with Gasteiger partial charge in [0.2, 0.25) is 0 Å². The van der Waals surface area contributed by atoms with Gasteiger partial charge in [-0.3, -0.25) is 0 Å². The Hall–Kier alpha value is 0.120. The van der Waals surface area contributed by atoms with Crippen LogP contribution in [0.3, 0.4) is 0 Å². The van der Waals surface area contributed by atoms with Crippen molar-refractivity contribution in [1.29, 1.82) is 0 Å². The van der Waals surface area contributed by atoms with Crippen LogP contribution in [0.1, 0.15) is 32.1 Å². The zero-order valence-electron chi connectivity index (χ0n) is 10.5. The molecule has 98 valence electrons. The van der Waals surface area contributed by atoms with E-state index in [0.29, 0.717) is 12.1 Å². The molecule has 2 saturated heterocycles. The van der Waals surface area contributed by atoms with Crippen molar-refractivity contribution < 1.29 is 38.4 Å². The van der Waals surface area contributed by atoms with Crippen LogP contribution in [-0.2, 0) is 4.84 Å². The molecule has 0 radical (unpaired) electrons. The molecule has 1 N–H and O–H groups in total. The molecular formula is C12H21IN2O2. The first-order chi connectivity index (χ1) is 7.56. The van der Waals surface area contributed by atoms with Crippen molar-refractivity contribution >= 4 is 5.71 Å². The number of hydrogen-bond donors (Lipinski definition) is 1. The highest BCUT2D eigenvalue weighted by atomic mass is 127. The number of piperidine rings is 1. The zero-order valence-corrected chi connectivity index (χ0v) is 12.7. The highest BCUT2D eigenvalue weighted by Gasteiger charge is 2.57. The fourth-order valence-electron chi connectivity index (χ4n) is 3.87. The third-order valence-corrected chi connectivity index (χ3v) is 5.01. The molecule has 5 heteroatoms. The molecule has 0 aromatic carbocycles. The first-order valence-corrected chi connectivity index (χ1v) is 6.24. The summed E-state index contributed by atoms with van der Waals surface area (Å²) in [7, 11) is 4.69. The summed E-state index contributed by atoms with van der Waals surface area (Å²) in [6.45, 7) is 0.0509. The van der Waals surface area contributed by atoms with E-state index in [1.165, 1.54) is 12.8 Å². The van der Waals surface area contributed by atoms with Gasteiger partial charge in [0.05, 0.1) is 38.5 Å². The van der Waals surface area contributed by atoms with Crippen LogP contribution < -0.4 is 24.0 Å². The lowest BCUT2D eigenvalue weighted by atomic mass is 9.81. The number of aliphatic hydroxyl groups is 1. The van der Waals surface area contributed by atoms with Crippen molar-refractivity contribution in [3.8, 4) is 0 Å². The molecule has 0 amide bonds. The van der Waals surface area contributed by atoms with Gasteiger partial charge in [-0.25, -0.2) is 0 Å². The normalized spacial score (nSPS) is 41.9. The molecule has 0 aromatic rings. The van der Waals surface area contributed by atoms with E-state index in [2.05, 4.69) is 19.3 Å². The maximum absolute atomic E-state index is 9.12. The standard InChI is InChI=1S/C12H21N2O2.HI/c1-14(2)10-3-4-11(14)7-12(6-10)5-9(8-15)13-16-12;/h10-11,15H,3-8H2,1-2H3;1H/q+1;/p-1/t10-,11+,12?;. The molecule has 2 fully saturated rings. The first-order valence-electron chi connectivity index (χ1n) is 6.24. The van der Waals surface area contributed by atoms with E-state index < -0.39 is 0 Å². The molecule has 3 atom stereocenters. The van der Waals surface area contributed by atoms with Gasteiger partial charge in [0.15, 0.2) is 5.60 Å². The zero-order chi connectivity index (χ0) is 11.4. The Morgan fingerprint density at radius 2 is 1.94 bits per heavy atom.